The lowest BCUT2D eigenvalue weighted by Crippen LogP contribution is -2.04. The SMILES string of the molecule is CNc1cc(C)c([C@@H](O)c2ccccc2)cn1. The Hall–Kier alpha value is -1.87. The molecule has 0 saturated heterocycles. The highest BCUT2D eigenvalue weighted by molar-refractivity contribution is 5.42. The first-order chi connectivity index (χ1) is 8.22. The Kier molecular flexibility index (Phi) is 3.40. The number of aromatic nitrogens is 1. The van der Waals surface area contributed by atoms with Crippen LogP contribution in [0.5, 0.6) is 0 Å². The van der Waals surface area contributed by atoms with Gasteiger partial charge in [-0.2, -0.15) is 0 Å². The van der Waals surface area contributed by atoms with Crippen LogP contribution in [-0.2, 0) is 0 Å². The maximum atomic E-state index is 10.3. The van der Waals surface area contributed by atoms with E-state index in [1.165, 1.54) is 0 Å². The van der Waals surface area contributed by atoms with E-state index in [4.69, 9.17) is 0 Å². The molecule has 0 amide bonds. The van der Waals surface area contributed by atoms with Crippen molar-refractivity contribution >= 4 is 5.82 Å². The second kappa shape index (κ2) is 4.97. The first-order valence-electron chi connectivity index (χ1n) is 5.59. The summed E-state index contributed by atoms with van der Waals surface area (Å²) in [6.07, 6.45) is 1.10. The fraction of sp³-hybridized carbons (Fsp3) is 0.214. The quantitative estimate of drug-likeness (QED) is 0.848. The molecule has 0 spiro atoms. The molecule has 1 atom stereocenters. The number of nitrogens with zero attached hydrogens (tertiary/aromatic N) is 1. The predicted molar refractivity (Wildman–Crippen MR) is 69.0 cm³/mol. The molecule has 1 heterocycles. The van der Waals surface area contributed by atoms with Crippen LogP contribution in [0.25, 0.3) is 0 Å². The van der Waals surface area contributed by atoms with Crippen molar-refractivity contribution in [1.29, 1.82) is 0 Å². The lowest BCUT2D eigenvalue weighted by Gasteiger charge is -2.14. The molecule has 0 saturated carbocycles. The molecule has 0 radical (unpaired) electrons. The Bertz CT molecular complexity index is 497. The summed E-state index contributed by atoms with van der Waals surface area (Å²) in [5.41, 5.74) is 2.76. The van der Waals surface area contributed by atoms with Crippen molar-refractivity contribution in [3.05, 3.63) is 59.3 Å². The van der Waals surface area contributed by atoms with Crippen molar-refractivity contribution in [2.24, 2.45) is 0 Å². The number of nitrogens with one attached hydrogen (secondary N) is 1. The Labute approximate surface area is 101 Å². The van der Waals surface area contributed by atoms with Gasteiger partial charge in [-0.1, -0.05) is 30.3 Å². The van der Waals surface area contributed by atoms with Gasteiger partial charge < -0.3 is 10.4 Å². The number of benzene rings is 1. The van der Waals surface area contributed by atoms with E-state index in [9.17, 15) is 5.11 Å². The van der Waals surface area contributed by atoms with Gasteiger partial charge in [0.05, 0.1) is 0 Å². The summed E-state index contributed by atoms with van der Waals surface area (Å²) in [6.45, 7) is 1.98. The van der Waals surface area contributed by atoms with Gasteiger partial charge in [-0.15, -0.1) is 0 Å². The normalized spacial score (nSPS) is 12.2. The predicted octanol–water partition coefficient (Wildman–Crippen LogP) is 2.51. The van der Waals surface area contributed by atoms with Crippen molar-refractivity contribution in [1.82, 2.24) is 4.98 Å². The molecular formula is C14H16N2O. The van der Waals surface area contributed by atoms with Gasteiger partial charge in [-0.3, -0.25) is 0 Å². The summed E-state index contributed by atoms with van der Waals surface area (Å²) in [5.74, 6) is 0.812. The number of rotatable bonds is 3. The lowest BCUT2D eigenvalue weighted by molar-refractivity contribution is 0.219. The third-order valence-electron chi connectivity index (χ3n) is 2.82. The molecule has 0 aliphatic heterocycles. The van der Waals surface area contributed by atoms with E-state index in [0.717, 1.165) is 22.5 Å². The number of hydrogen-bond acceptors (Lipinski definition) is 3. The Morgan fingerprint density at radius 2 is 1.94 bits per heavy atom. The highest BCUT2D eigenvalue weighted by atomic mass is 16.3. The van der Waals surface area contributed by atoms with Crippen LogP contribution >= 0.6 is 0 Å². The van der Waals surface area contributed by atoms with Crippen LogP contribution in [0.1, 0.15) is 22.8 Å². The highest BCUT2D eigenvalue weighted by Gasteiger charge is 2.13. The topological polar surface area (TPSA) is 45.1 Å². The van der Waals surface area contributed by atoms with Crippen LogP contribution in [-0.4, -0.2) is 17.1 Å². The monoisotopic (exact) mass is 228 g/mol. The van der Waals surface area contributed by atoms with Crippen molar-refractivity contribution in [2.45, 2.75) is 13.0 Å². The molecule has 0 fully saturated rings. The molecule has 88 valence electrons. The summed E-state index contributed by atoms with van der Waals surface area (Å²) >= 11 is 0. The van der Waals surface area contributed by atoms with Crippen molar-refractivity contribution in [3.8, 4) is 0 Å². The van der Waals surface area contributed by atoms with Crippen molar-refractivity contribution in [2.75, 3.05) is 12.4 Å². The van der Waals surface area contributed by atoms with E-state index >= 15 is 0 Å². The molecule has 17 heavy (non-hydrogen) atoms. The number of hydrogen-bond donors (Lipinski definition) is 2. The first-order valence-corrected chi connectivity index (χ1v) is 5.59. The van der Waals surface area contributed by atoms with Gasteiger partial charge in [0.1, 0.15) is 11.9 Å². The maximum Gasteiger partial charge on any atom is 0.125 e. The number of anilines is 1. The van der Waals surface area contributed by atoms with Crippen LogP contribution in [0.2, 0.25) is 0 Å². The summed E-state index contributed by atoms with van der Waals surface area (Å²) in [6, 6.07) is 11.5. The third-order valence-corrected chi connectivity index (χ3v) is 2.82. The van der Waals surface area contributed by atoms with E-state index in [-0.39, 0.29) is 0 Å². The van der Waals surface area contributed by atoms with Gasteiger partial charge in [0.25, 0.3) is 0 Å². The van der Waals surface area contributed by atoms with E-state index in [1.807, 2.05) is 50.4 Å². The average molecular weight is 228 g/mol. The van der Waals surface area contributed by atoms with Crippen LogP contribution in [0.4, 0.5) is 5.82 Å². The molecule has 3 heteroatoms. The molecule has 2 aromatic rings. The van der Waals surface area contributed by atoms with E-state index in [0.29, 0.717) is 0 Å². The summed E-state index contributed by atoms with van der Waals surface area (Å²) in [4.78, 5) is 4.23. The molecule has 3 nitrogen and oxygen atoms in total. The zero-order valence-corrected chi connectivity index (χ0v) is 10.0. The van der Waals surface area contributed by atoms with E-state index < -0.39 is 6.10 Å². The van der Waals surface area contributed by atoms with Crippen LogP contribution in [0.15, 0.2) is 42.6 Å². The second-order valence-electron chi connectivity index (χ2n) is 3.99. The molecule has 1 aromatic carbocycles. The van der Waals surface area contributed by atoms with Crippen molar-refractivity contribution < 1.29 is 5.11 Å². The lowest BCUT2D eigenvalue weighted by atomic mass is 9.99. The maximum absolute atomic E-state index is 10.3. The van der Waals surface area contributed by atoms with Gasteiger partial charge in [-0.25, -0.2) is 4.98 Å². The minimum absolute atomic E-state index is 0.616. The molecule has 0 aliphatic rings. The zero-order valence-electron chi connectivity index (χ0n) is 10.0. The van der Waals surface area contributed by atoms with Crippen LogP contribution < -0.4 is 5.32 Å². The summed E-state index contributed by atoms with van der Waals surface area (Å²) in [7, 11) is 1.83. The summed E-state index contributed by atoms with van der Waals surface area (Å²) in [5, 5.41) is 13.3. The smallest absolute Gasteiger partial charge is 0.125 e. The Morgan fingerprint density at radius 3 is 2.53 bits per heavy atom. The largest absolute Gasteiger partial charge is 0.384 e. The number of aryl methyl sites for hydroxylation is 1. The highest BCUT2D eigenvalue weighted by Crippen LogP contribution is 2.24. The standard InChI is InChI=1S/C14H16N2O/c1-10-8-13(15-2)16-9-12(10)14(17)11-6-4-3-5-7-11/h3-9,14,17H,1-2H3,(H,15,16)/t14-/m0/s1. The third kappa shape index (κ3) is 2.45. The number of pyridine rings is 1. The molecule has 0 bridgehead atoms. The molecule has 2 rings (SSSR count). The van der Waals surface area contributed by atoms with Gasteiger partial charge in [0.15, 0.2) is 0 Å². The number of aliphatic hydroxyl groups is 1. The van der Waals surface area contributed by atoms with Gasteiger partial charge >= 0.3 is 0 Å². The molecular weight excluding hydrogens is 212 g/mol. The van der Waals surface area contributed by atoms with Gasteiger partial charge in [-0.05, 0) is 24.1 Å². The Balaban J connectivity index is 2.34. The van der Waals surface area contributed by atoms with E-state index in [1.54, 1.807) is 6.20 Å². The van der Waals surface area contributed by atoms with E-state index in [2.05, 4.69) is 10.3 Å². The van der Waals surface area contributed by atoms with Gasteiger partial charge in [0, 0.05) is 18.8 Å². The first kappa shape index (κ1) is 11.6. The number of aliphatic hydroxyl groups excluding tert-OH is 1. The molecule has 1 aromatic heterocycles. The second-order valence-corrected chi connectivity index (χ2v) is 3.99. The average Bonchev–Trinajstić information content (AvgIpc) is 2.39. The Morgan fingerprint density at radius 1 is 1.24 bits per heavy atom. The van der Waals surface area contributed by atoms with Crippen molar-refractivity contribution in [3.63, 3.8) is 0 Å². The van der Waals surface area contributed by atoms with Crippen LogP contribution in [0.3, 0.4) is 0 Å². The summed E-state index contributed by atoms with van der Waals surface area (Å²) < 4.78 is 0. The minimum Gasteiger partial charge on any atom is -0.384 e. The molecule has 0 aliphatic carbocycles. The van der Waals surface area contributed by atoms with Crippen LogP contribution in [0, 0.1) is 6.92 Å². The fourth-order valence-corrected chi connectivity index (χ4v) is 1.80. The fourth-order valence-electron chi connectivity index (χ4n) is 1.80. The molecule has 0 unspecified atom stereocenters. The van der Waals surface area contributed by atoms with Gasteiger partial charge in [0.2, 0.25) is 0 Å². The minimum atomic E-state index is -0.616. The zero-order chi connectivity index (χ0) is 12.3. The molecule has 2 N–H and O–H groups in total.